The predicted octanol–water partition coefficient (Wildman–Crippen LogP) is 7.43. The van der Waals surface area contributed by atoms with Gasteiger partial charge < -0.3 is 8.83 Å². The summed E-state index contributed by atoms with van der Waals surface area (Å²) in [5.74, 6) is -0.0653. The molecule has 0 atom stereocenters. The lowest BCUT2D eigenvalue weighted by Crippen LogP contribution is -1.93. The fourth-order valence-electron chi connectivity index (χ4n) is 5.49. The van der Waals surface area contributed by atoms with Gasteiger partial charge in [0.05, 0.1) is 0 Å². The Morgan fingerprint density at radius 1 is 0.611 bits per heavy atom. The molecule has 0 unspecified atom stereocenters. The van der Waals surface area contributed by atoms with E-state index in [9.17, 15) is 10.5 Å². The molecule has 36 heavy (non-hydrogen) atoms. The Balaban J connectivity index is 1.48. The van der Waals surface area contributed by atoms with Gasteiger partial charge in [-0.1, -0.05) is 48.5 Å². The summed E-state index contributed by atoms with van der Waals surface area (Å²) in [6.07, 6.45) is 0. The molecule has 8 aromatic rings. The van der Waals surface area contributed by atoms with Gasteiger partial charge in [-0.25, -0.2) is 9.97 Å². The average Bonchev–Trinajstić information content (AvgIpc) is 3.50. The van der Waals surface area contributed by atoms with Gasteiger partial charge >= 0.3 is 0 Å². The van der Waals surface area contributed by atoms with Gasteiger partial charge in [0.2, 0.25) is 5.82 Å². The van der Waals surface area contributed by atoms with Gasteiger partial charge in [0.1, 0.15) is 34.4 Å². The van der Waals surface area contributed by atoms with Gasteiger partial charge in [-0.05, 0) is 51.4 Å². The van der Waals surface area contributed by atoms with E-state index in [0.29, 0.717) is 16.5 Å². The lowest BCUT2D eigenvalue weighted by Gasteiger charge is -2.09. The van der Waals surface area contributed by atoms with Crippen LogP contribution in [-0.2, 0) is 0 Å². The Labute approximate surface area is 202 Å². The molecule has 6 heteroatoms. The minimum atomic E-state index is -0.0653. The van der Waals surface area contributed by atoms with Crippen molar-refractivity contribution in [3.8, 4) is 23.3 Å². The highest BCUT2D eigenvalue weighted by Gasteiger charge is 2.21. The third-order valence-electron chi connectivity index (χ3n) is 6.98. The summed E-state index contributed by atoms with van der Waals surface area (Å²) in [7, 11) is 0. The van der Waals surface area contributed by atoms with E-state index in [-0.39, 0.29) is 17.1 Å². The van der Waals surface area contributed by atoms with Crippen molar-refractivity contribution in [3.05, 3.63) is 84.3 Å². The molecule has 8 rings (SSSR count). The number of rotatable bonds is 1. The first-order valence-electron chi connectivity index (χ1n) is 11.4. The van der Waals surface area contributed by atoms with Crippen molar-refractivity contribution in [2.75, 3.05) is 0 Å². The molecule has 3 heterocycles. The molecule has 0 radical (unpaired) electrons. The van der Waals surface area contributed by atoms with Crippen LogP contribution in [0.5, 0.6) is 0 Å². The van der Waals surface area contributed by atoms with Crippen LogP contribution < -0.4 is 0 Å². The summed E-state index contributed by atoms with van der Waals surface area (Å²) in [4.78, 5) is 8.32. The van der Waals surface area contributed by atoms with E-state index in [2.05, 4.69) is 52.4 Å². The highest BCUT2D eigenvalue weighted by Crippen LogP contribution is 2.46. The molecule has 164 valence electrons. The first-order chi connectivity index (χ1) is 17.7. The Hall–Kier alpha value is -5.46. The summed E-state index contributed by atoms with van der Waals surface area (Å²) >= 11 is 0. The van der Waals surface area contributed by atoms with Gasteiger partial charge in [0.25, 0.3) is 0 Å². The number of hydrogen-bond donors (Lipinski definition) is 0. The summed E-state index contributed by atoms with van der Waals surface area (Å²) in [6, 6.07) is 28.6. The zero-order valence-corrected chi connectivity index (χ0v) is 18.5. The van der Waals surface area contributed by atoms with Gasteiger partial charge in [-0.15, -0.1) is 0 Å². The maximum Gasteiger partial charge on any atom is 0.234 e. The van der Waals surface area contributed by atoms with Crippen molar-refractivity contribution >= 4 is 65.6 Å². The number of benzene rings is 5. The quantitative estimate of drug-likeness (QED) is 0.236. The van der Waals surface area contributed by atoms with Crippen molar-refractivity contribution in [2.24, 2.45) is 0 Å². The highest BCUT2D eigenvalue weighted by molar-refractivity contribution is 6.34. The number of fused-ring (bicyclic) bond motifs is 6. The van der Waals surface area contributed by atoms with E-state index in [1.165, 1.54) is 16.2 Å². The van der Waals surface area contributed by atoms with Crippen LogP contribution in [0, 0.1) is 22.7 Å². The van der Waals surface area contributed by atoms with Crippen molar-refractivity contribution < 1.29 is 8.83 Å². The number of nitrogens with zero attached hydrogens (tertiary/aromatic N) is 4. The molecule has 0 amide bonds. The smallest absolute Gasteiger partial charge is 0.234 e. The van der Waals surface area contributed by atoms with Crippen LogP contribution in [0.1, 0.15) is 11.5 Å². The molecule has 6 nitrogen and oxygen atoms in total. The SMILES string of the molecule is N#Cc1nc(C#N)c2oc3ccc(-c4ccc5c6ccccc6c6cccc7oc4c5c76)cc3c2n1. The number of furan rings is 2. The minimum absolute atomic E-state index is 0.0478. The second kappa shape index (κ2) is 6.56. The molecule has 0 spiro atoms. The first kappa shape index (κ1) is 18.9. The predicted molar refractivity (Wildman–Crippen MR) is 138 cm³/mol. The van der Waals surface area contributed by atoms with E-state index < -0.39 is 0 Å². The van der Waals surface area contributed by atoms with Crippen molar-refractivity contribution in [2.45, 2.75) is 0 Å². The van der Waals surface area contributed by atoms with E-state index in [0.717, 1.165) is 38.5 Å². The standard InChI is InChI=1S/C30H12N4O2/c31-13-22-30-28(34-25(14-32)33-22)21-12-15(8-11-23(21)35-30)16-9-10-20-18-5-2-1-4-17(18)19-6-3-7-24-26(19)27(20)29(16)36-24/h1-12H. The molecule has 0 aliphatic heterocycles. The zero-order valence-electron chi connectivity index (χ0n) is 18.5. The van der Waals surface area contributed by atoms with Crippen LogP contribution in [0.3, 0.4) is 0 Å². The molecule has 3 aromatic heterocycles. The summed E-state index contributed by atoms with van der Waals surface area (Å²) in [6.45, 7) is 0. The van der Waals surface area contributed by atoms with Crippen LogP contribution in [0.2, 0.25) is 0 Å². The summed E-state index contributed by atoms with van der Waals surface area (Å²) < 4.78 is 12.4. The van der Waals surface area contributed by atoms with Gasteiger partial charge in [0.15, 0.2) is 11.3 Å². The lowest BCUT2D eigenvalue weighted by atomic mass is 9.92. The normalized spacial score (nSPS) is 11.8. The molecule has 0 N–H and O–H groups in total. The minimum Gasteiger partial charge on any atom is -0.455 e. The molecule has 0 aliphatic carbocycles. The van der Waals surface area contributed by atoms with Crippen LogP contribution in [0.15, 0.2) is 81.6 Å². The van der Waals surface area contributed by atoms with Crippen molar-refractivity contribution in [1.29, 1.82) is 10.5 Å². The second-order valence-corrected chi connectivity index (χ2v) is 8.80. The Bertz CT molecular complexity index is 2290. The van der Waals surface area contributed by atoms with E-state index in [4.69, 9.17) is 8.83 Å². The molecule has 0 saturated heterocycles. The Morgan fingerprint density at radius 3 is 2.19 bits per heavy atom. The van der Waals surface area contributed by atoms with Gasteiger partial charge in [0, 0.05) is 21.7 Å². The fraction of sp³-hybridized carbons (Fsp3) is 0. The van der Waals surface area contributed by atoms with Crippen LogP contribution in [0.25, 0.3) is 76.7 Å². The van der Waals surface area contributed by atoms with E-state index in [1.54, 1.807) is 0 Å². The molecule has 0 aliphatic rings. The third-order valence-corrected chi connectivity index (χ3v) is 6.98. The van der Waals surface area contributed by atoms with Crippen LogP contribution in [-0.4, -0.2) is 9.97 Å². The summed E-state index contributed by atoms with van der Waals surface area (Å²) in [5.41, 5.74) is 4.89. The maximum atomic E-state index is 9.50. The van der Waals surface area contributed by atoms with E-state index >= 15 is 0 Å². The average molecular weight is 460 g/mol. The summed E-state index contributed by atoms with van der Waals surface area (Å²) in [5, 5.41) is 26.5. The topological polar surface area (TPSA) is 99.6 Å². The molecule has 5 aromatic carbocycles. The zero-order chi connectivity index (χ0) is 24.0. The largest absolute Gasteiger partial charge is 0.455 e. The number of nitriles is 2. The number of hydrogen-bond acceptors (Lipinski definition) is 6. The van der Waals surface area contributed by atoms with Crippen molar-refractivity contribution in [1.82, 2.24) is 9.97 Å². The van der Waals surface area contributed by atoms with Crippen LogP contribution >= 0.6 is 0 Å². The van der Waals surface area contributed by atoms with Crippen LogP contribution in [0.4, 0.5) is 0 Å². The highest BCUT2D eigenvalue weighted by atomic mass is 16.3. The molecule has 0 fully saturated rings. The number of aromatic nitrogens is 2. The molecule has 0 bridgehead atoms. The molecule has 0 saturated carbocycles. The van der Waals surface area contributed by atoms with E-state index in [1.807, 2.05) is 42.5 Å². The molecular weight excluding hydrogens is 448 g/mol. The van der Waals surface area contributed by atoms with Gasteiger partial charge in [-0.3, -0.25) is 0 Å². The molecular formula is C30H12N4O2. The Morgan fingerprint density at radius 2 is 1.39 bits per heavy atom. The maximum absolute atomic E-state index is 9.50. The van der Waals surface area contributed by atoms with Crippen molar-refractivity contribution in [3.63, 3.8) is 0 Å². The fourth-order valence-corrected chi connectivity index (χ4v) is 5.49. The third kappa shape index (κ3) is 2.28. The van der Waals surface area contributed by atoms with Gasteiger partial charge in [-0.2, -0.15) is 10.5 Å². The second-order valence-electron chi connectivity index (χ2n) is 8.80. The monoisotopic (exact) mass is 460 g/mol. The Kier molecular flexibility index (Phi) is 3.45. The lowest BCUT2D eigenvalue weighted by molar-refractivity contribution is 0.663. The first-order valence-corrected chi connectivity index (χ1v) is 11.4.